The van der Waals surface area contributed by atoms with Gasteiger partial charge in [-0.05, 0) is 38.0 Å². The molecule has 0 saturated heterocycles. The summed E-state index contributed by atoms with van der Waals surface area (Å²) in [6.07, 6.45) is 7.61. The number of hydrogen-bond donors (Lipinski definition) is 0. The van der Waals surface area contributed by atoms with Crippen molar-refractivity contribution in [3.63, 3.8) is 0 Å². The third-order valence-electron chi connectivity index (χ3n) is 1.19. The van der Waals surface area contributed by atoms with Gasteiger partial charge in [0.05, 0.1) is 0 Å². The molecule has 0 aromatic heterocycles. The van der Waals surface area contributed by atoms with Crippen LogP contribution in [0.1, 0.15) is 27.2 Å². The molecule has 0 rings (SSSR count). The summed E-state index contributed by atoms with van der Waals surface area (Å²) in [7, 11) is 0. The molecule has 0 saturated carbocycles. The second-order valence-electron chi connectivity index (χ2n) is 2.39. The molecule has 0 radical (unpaired) electrons. The summed E-state index contributed by atoms with van der Waals surface area (Å²) < 4.78 is 12.7. The van der Waals surface area contributed by atoms with Crippen LogP contribution in [0.15, 0.2) is 35.7 Å². The monoisotopic (exact) mass is 154 g/mol. The molecule has 62 valence electrons. The zero-order valence-corrected chi connectivity index (χ0v) is 7.39. The summed E-state index contributed by atoms with van der Waals surface area (Å²) in [6.45, 7) is 5.71. The van der Waals surface area contributed by atoms with E-state index < -0.39 is 0 Å². The summed E-state index contributed by atoms with van der Waals surface area (Å²) in [4.78, 5) is 0. The minimum absolute atomic E-state index is 0.150. The molecule has 0 aliphatic carbocycles. The highest BCUT2D eigenvalue weighted by Gasteiger charge is 1.86. The molecule has 0 heterocycles. The molecule has 0 aromatic carbocycles. The van der Waals surface area contributed by atoms with Crippen molar-refractivity contribution in [1.29, 1.82) is 0 Å². The third kappa shape index (κ3) is 5.59. The lowest BCUT2D eigenvalue weighted by Gasteiger charge is -1.89. The first-order valence-corrected chi connectivity index (χ1v) is 3.87. The highest BCUT2D eigenvalue weighted by atomic mass is 19.1. The first-order chi connectivity index (χ1) is 5.20. The molecule has 0 N–H and O–H groups in total. The van der Waals surface area contributed by atoms with Crippen molar-refractivity contribution in [1.82, 2.24) is 0 Å². The molecule has 0 nitrogen and oxygen atoms in total. The fourth-order valence-corrected chi connectivity index (χ4v) is 0.782. The molecule has 11 heavy (non-hydrogen) atoms. The maximum absolute atomic E-state index is 12.7. The van der Waals surface area contributed by atoms with Gasteiger partial charge in [-0.1, -0.05) is 19.1 Å². The Hall–Kier alpha value is -0.850. The Morgan fingerprint density at radius 1 is 1.45 bits per heavy atom. The van der Waals surface area contributed by atoms with Crippen LogP contribution in [0.4, 0.5) is 4.39 Å². The van der Waals surface area contributed by atoms with Crippen LogP contribution in [0, 0.1) is 0 Å². The highest BCUT2D eigenvalue weighted by Crippen LogP contribution is 2.05. The van der Waals surface area contributed by atoms with Crippen molar-refractivity contribution in [3.05, 3.63) is 35.7 Å². The smallest absolute Gasteiger partial charge is 0.119 e. The van der Waals surface area contributed by atoms with E-state index in [1.54, 1.807) is 6.08 Å². The van der Waals surface area contributed by atoms with E-state index in [2.05, 4.69) is 0 Å². The molecular formula is C10H15F. The number of allylic oxidation sites excluding steroid dienone is 6. The Bertz CT molecular complexity index is 185. The molecule has 1 heteroatoms. The van der Waals surface area contributed by atoms with Gasteiger partial charge in [-0.2, -0.15) is 0 Å². The van der Waals surface area contributed by atoms with Gasteiger partial charge in [0.25, 0.3) is 0 Å². The number of halogens is 1. The zero-order valence-electron chi connectivity index (χ0n) is 7.39. The summed E-state index contributed by atoms with van der Waals surface area (Å²) in [6, 6.07) is 0. The molecule has 0 aliphatic heterocycles. The van der Waals surface area contributed by atoms with Gasteiger partial charge >= 0.3 is 0 Å². The van der Waals surface area contributed by atoms with E-state index in [1.165, 1.54) is 6.08 Å². The van der Waals surface area contributed by atoms with Gasteiger partial charge in [0, 0.05) is 0 Å². The van der Waals surface area contributed by atoms with E-state index in [0.29, 0.717) is 0 Å². The molecule has 0 amide bonds. The Kier molecular flexibility index (Phi) is 5.44. The lowest BCUT2D eigenvalue weighted by molar-refractivity contribution is 0.660. The summed E-state index contributed by atoms with van der Waals surface area (Å²) >= 11 is 0. The van der Waals surface area contributed by atoms with E-state index in [1.807, 2.05) is 32.9 Å². The van der Waals surface area contributed by atoms with Crippen molar-refractivity contribution in [2.24, 2.45) is 0 Å². The van der Waals surface area contributed by atoms with Crippen LogP contribution in [0.2, 0.25) is 0 Å². The molecule has 0 spiro atoms. The van der Waals surface area contributed by atoms with Gasteiger partial charge in [-0.25, -0.2) is 4.39 Å². The maximum atomic E-state index is 12.7. The molecule has 0 aliphatic rings. The molecule has 0 bridgehead atoms. The molecular weight excluding hydrogens is 139 g/mol. The van der Waals surface area contributed by atoms with Gasteiger partial charge in [0.1, 0.15) is 5.83 Å². The minimum Gasteiger partial charge on any atom is -0.207 e. The van der Waals surface area contributed by atoms with Gasteiger partial charge < -0.3 is 0 Å². The quantitative estimate of drug-likeness (QED) is 0.543. The first kappa shape index (κ1) is 10.2. The van der Waals surface area contributed by atoms with Gasteiger partial charge in [0.2, 0.25) is 0 Å². The van der Waals surface area contributed by atoms with Gasteiger partial charge in [-0.3, -0.25) is 0 Å². The lowest BCUT2D eigenvalue weighted by Crippen LogP contribution is -1.70. The van der Waals surface area contributed by atoms with Crippen molar-refractivity contribution < 1.29 is 4.39 Å². The second kappa shape index (κ2) is 5.90. The van der Waals surface area contributed by atoms with Crippen LogP contribution in [-0.4, -0.2) is 0 Å². The fraction of sp³-hybridized carbons (Fsp3) is 0.400. The van der Waals surface area contributed by atoms with E-state index in [0.717, 1.165) is 12.0 Å². The fourth-order valence-electron chi connectivity index (χ4n) is 0.782. The van der Waals surface area contributed by atoms with Crippen LogP contribution < -0.4 is 0 Å². The molecule has 0 aromatic rings. The SMILES string of the molecule is C\C=C/C(C)=C\C(F)=C\CC. The van der Waals surface area contributed by atoms with E-state index in [4.69, 9.17) is 0 Å². The summed E-state index contributed by atoms with van der Waals surface area (Å²) in [5, 5.41) is 0. The van der Waals surface area contributed by atoms with Gasteiger partial charge in [0.15, 0.2) is 0 Å². The summed E-state index contributed by atoms with van der Waals surface area (Å²) in [5.41, 5.74) is 0.940. The molecule has 0 unspecified atom stereocenters. The van der Waals surface area contributed by atoms with Crippen LogP contribution in [0.5, 0.6) is 0 Å². The number of hydrogen-bond acceptors (Lipinski definition) is 0. The van der Waals surface area contributed by atoms with Crippen LogP contribution >= 0.6 is 0 Å². The standard InChI is InChI=1S/C10H15F/c1-4-6-9(3)8-10(11)7-5-2/h4,6-8H,5H2,1-3H3/b6-4-,9-8-,10-7-. The van der Waals surface area contributed by atoms with Crippen LogP contribution in [0.25, 0.3) is 0 Å². The highest BCUT2D eigenvalue weighted by molar-refractivity contribution is 5.24. The van der Waals surface area contributed by atoms with Crippen molar-refractivity contribution in [2.45, 2.75) is 27.2 Å². The molecule has 0 fully saturated rings. The Morgan fingerprint density at radius 2 is 2.09 bits per heavy atom. The predicted molar refractivity (Wildman–Crippen MR) is 48.1 cm³/mol. The topological polar surface area (TPSA) is 0 Å². The van der Waals surface area contributed by atoms with E-state index in [9.17, 15) is 4.39 Å². The third-order valence-corrected chi connectivity index (χ3v) is 1.19. The lowest BCUT2D eigenvalue weighted by atomic mass is 10.2. The van der Waals surface area contributed by atoms with Crippen molar-refractivity contribution >= 4 is 0 Å². The van der Waals surface area contributed by atoms with E-state index >= 15 is 0 Å². The number of rotatable bonds is 3. The maximum Gasteiger partial charge on any atom is 0.119 e. The molecule has 0 atom stereocenters. The largest absolute Gasteiger partial charge is 0.207 e. The summed E-state index contributed by atoms with van der Waals surface area (Å²) in [5.74, 6) is -0.150. The minimum atomic E-state index is -0.150. The van der Waals surface area contributed by atoms with Crippen LogP contribution in [-0.2, 0) is 0 Å². The average molecular weight is 154 g/mol. The van der Waals surface area contributed by atoms with E-state index in [-0.39, 0.29) is 5.83 Å². The van der Waals surface area contributed by atoms with Crippen LogP contribution in [0.3, 0.4) is 0 Å². The van der Waals surface area contributed by atoms with Crippen molar-refractivity contribution in [3.8, 4) is 0 Å². The zero-order chi connectivity index (χ0) is 8.69. The first-order valence-electron chi connectivity index (χ1n) is 3.87. The second-order valence-corrected chi connectivity index (χ2v) is 2.39. The predicted octanol–water partition coefficient (Wildman–Crippen LogP) is 3.77. The van der Waals surface area contributed by atoms with Crippen molar-refractivity contribution in [2.75, 3.05) is 0 Å². The normalized spacial score (nSPS) is 14.5. The Balaban J connectivity index is 4.18. The average Bonchev–Trinajstić information content (AvgIpc) is 1.87. The Morgan fingerprint density at radius 3 is 2.55 bits per heavy atom. The van der Waals surface area contributed by atoms with Gasteiger partial charge in [-0.15, -0.1) is 0 Å². The Labute approximate surface area is 68.1 Å².